The van der Waals surface area contributed by atoms with Crippen LogP contribution in [-0.4, -0.2) is 84.7 Å². The maximum absolute atomic E-state index is 12.1. The molecule has 3 rings (SSSR count). The first-order valence-corrected chi connectivity index (χ1v) is 12.7. The molecule has 0 aliphatic carbocycles. The van der Waals surface area contributed by atoms with Gasteiger partial charge in [-0.15, -0.1) is 0 Å². The summed E-state index contributed by atoms with van der Waals surface area (Å²) in [6.45, 7) is 2.71. The number of Topliss-reactive ketones (excluding diaryl/α,β-unsaturated/α-hetero) is 1. The van der Waals surface area contributed by atoms with Gasteiger partial charge in [-0.3, -0.25) is 4.79 Å². The van der Waals surface area contributed by atoms with Gasteiger partial charge in [0, 0.05) is 18.0 Å². The van der Waals surface area contributed by atoms with Gasteiger partial charge < -0.3 is 29.3 Å². The molecular weight excluding hydrogens is 546 g/mol. The third-order valence-corrected chi connectivity index (χ3v) is 5.69. The van der Waals surface area contributed by atoms with Gasteiger partial charge >= 0.3 is 23.9 Å². The number of carboxylic acid groups (broad SMARTS) is 2. The molecule has 0 fully saturated rings. The second kappa shape index (κ2) is 16.3. The molecule has 11 heteroatoms. The van der Waals surface area contributed by atoms with Crippen molar-refractivity contribution in [2.45, 2.75) is 19.1 Å². The van der Waals surface area contributed by atoms with Crippen molar-refractivity contribution in [3.63, 3.8) is 0 Å². The molecule has 0 heterocycles. The summed E-state index contributed by atoms with van der Waals surface area (Å²) in [5.41, 5.74) is 0.767. The highest BCUT2D eigenvalue weighted by atomic mass is 16.6. The quantitative estimate of drug-likeness (QED) is 0.238. The van der Waals surface area contributed by atoms with Crippen LogP contribution >= 0.6 is 0 Å². The van der Waals surface area contributed by atoms with Crippen LogP contribution in [0.5, 0.6) is 5.75 Å². The predicted octanol–water partition coefficient (Wildman–Crippen LogP) is 3.68. The topological polar surface area (TPSA) is 157 Å². The fourth-order valence-electron chi connectivity index (χ4n) is 3.69. The molecule has 0 aliphatic heterocycles. The van der Waals surface area contributed by atoms with Crippen LogP contribution < -0.4 is 4.74 Å². The molecule has 0 aromatic heterocycles. The van der Waals surface area contributed by atoms with Crippen LogP contribution in [0.1, 0.15) is 38.0 Å². The van der Waals surface area contributed by atoms with E-state index in [4.69, 9.17) is 14.2 Å². The van der Waals surface area contributed by atoms with Gasteiger partial charge in [-0.1, -0.05) is 55.5 Å². The normalized spacial score (nSPS) is 12.5. The fourth-order valence-corrected chi connectivity index (χ4v) is 3.69. The lowest BCUT2D eigenvalue weighted by Crippen LogP contribution is -2.45. The molecule has 0 aliphatic rings. The molecule has 0 amide bonds. The Morgan fingerprint density at radius 3 is 1.50 bits per heavy atom. The summed E-state index contributed by atoms with van der Waals surface area (Å²) in [6.07, 6.45) is -4.43. The van der Waals surface area contributed by atoms with Crippen molar-refractivity contribution in [2.24, 2.45) is 5.92 Å². The number of carbonyl (C=O) groups excluding carboxylic acids is 3. The summed E-state index contributed by atoms with van der Waals surface area (Å²) in [6, 6.07) is 22.1. The molecule has 0 spiro atoms. The van der Waals surface area contributed by atoms with Gasteiger partial charge in [0.2, 0.25) is 12.2 Å². The number of carboxylic acids is 2. The van der Waals surface area contributed by atoms with Crippen LogP contribution in [0, 0.1) is 5.92 Å². The number of carbonyl (C=O) groups is 5. The maximum Gasteiger partial charge on any atom is 0.349 e. The molecule has 3 atom stereocenters. The van der Waals surface area contributed by atoms with Gasteiger partial charge in [0.15, 0.2) is 5.78 Å². The molecule has 0 saturated heterocycles. The van der Waals surface area contributed by atoms with E-state index in [2.05, 4.69) is 0 Å². The Kier molecular flexibility index (Phi) is 12.9. The molecular formula is C31H33NO10. The fraction of sp³-hybridized carbons (Fsp3) is 0.258. The number of hydrogen-bond acceptors (Lipinski definition) is 9. The summed E-state index contributed by atoms with van der Waals surface area (Å²) >= 11 is 0. The van der Waals surface area contributed by atoms with Gasteiger partial charge in [0.1, 0.15) is 5.75 Å². The first-order chi connectivity index (χ1) is 19.9. The van der Waals surface area contributed by atoms with Crippen molar-refractivity contribution in [1.29, 1.82) is 0 Å². The van der Waals surface area contributed by atoms with E-state index in [0.717, 1.165) is 12.3 Å². The van der Waals surface area contributed by atoms with Crippen LogP contribution in [0.25, 0.3) is 0 Å². The lowest BCUT2D eigenvalue weighted by atomic mass is 9.99. The number of esters is 2. The largest absolute Gasteiger partial charge is 0.497 e. The highest BCUT2D eigenvalue weighted by molar-refractivity contribution is 5.98. The monoisotopic (exact) mass is 579 g/mol. The van der Waals surface area contributed by atoms with Crippen molar-refractivity contribution >= 4 is 29.7 Å². The highest BCUT2D eigenvalue weighted by Gasteiger charge is 2.41. The average molecular weight is 580 g/mol. The number of benzene rings is 3. The minimum Gasteiger partial charge on any atom is -0.497 e. The van der Waals surface area contributed by atoms with Crippen LogP contribution in [0.3, 0.4) is 0 Å². The third-order valence-electron chi connectivity index (χ3n) is 5.69. The van der Waals surface area contributed by atoms with E-state index in [9.17, 15) is 34.2 Å². The first kappa shape index (κ1) is 33.2. The summed E-state index contributed by atoms with van der Waals surface area (Å²) in [7, 11) is 5.54. The van der Waals surface area contributed by atoms with Crippen molar-refractivity contribution in [2.75, 3.05) is 27.7 Å². The van der Waals surface area contributed by atoms with E-state index < -0.39 is 36.1 Å². The molecule has 3 aromatic carbocycles. The minimum absolute atomic E-state index is 0.00195. The SMILES string of the molecule is COc1cccc(C(=O)C(C)CN(C)C)c1.O=C(OC(C(=O)O)C(OC(=O)c1ccccc1)C(=O)O)c1ccccc1. The van der Waals surface area contributed by atoms with Crippen LogP contribution in [0.2, 0.25) is 0 Å². The zero-order chi connectivity index (χ0) is 31.2. The lowest BCUT2D eigenvalue weighted by Gasteiger charge is -2.21. The van der Waals surface area contributed by atoms with Crippen LogP contribution in [0.4, 0.5) is 0 Å². The number of hydrogen-bond donors (Lipinski definition) is 2. The number of ketones is 1. The average Bonchev–Trinajstić information content (AvgIpc) is 2.98. The molecule has 3 aromatic rings. The summed E-state index contributed by atoms with van der Waals surface area (Å²) in [5.74, 6) is -4.75. The predicted molar refractivity (Wildman–Crippen MR) is 152 cm³/mol. The standard InChI is InChI=1S/C18H14O8.C13H19NO2/c19-15(20)13(25-17(23)11-7-3-1-4-8-11)14(16(21)22)26-18(24)12-9-5-2-6-10-12;1-10(9-14(2)3)13(15)11-6-5-7-12(8-11)16-4/h1-10,13-14H,(H,19,20)(H,21,22);5-8,10H,9H2,1-4H3. The van der Waals surface area contributed by atoms with E-state index in [1.54, 1.807) is 25.3 Å². The van der Waals surface area contributed by atoms with E-state index in [-0.39, 0.29) is 22.8 Å². The second-order valence-corrected chi connectivity index (χ2v) is 9.32. The van der Waals surface area contributed by atoms with Gasteiger partial charge in [-0.2, -0.15) is 0 Å². The molecule has 2 N–H and O–H groups in total. The molecule has 11 nitrogen and oxygen atoms in total. The smallest absolute Gasteiger partial charge is 0.349 e. The number of rotatable bonds is 12. The molecule has 0 bridgehead atoms. The van der Waals surface area contributed by atoms with Crippen molar-refractivity contribution < 1.29 is 48.4 Å². The zero-order valence-electron chi connectivity index (χ0n) is 23.6. The number of methoxy groups -OCH3 is 1. The Morgan fingerprint density at radius 2 is 1.12 bits per heavy atom. The van der Waals surface area contributed by atoms with E-state index in [1.165, 1.54) is 48.5 Å². The maximum atomic E-state index is 12.1. The van der Waals surface area contributed by atoms with Crippen LogP contribution in [0.15, 0.2) is 84.9 Å². The Balaban J connectivity index is 0.000000330. The van der Waals surface area contributed by atoms with Gasteiger partial charge in [0.05, 0.1) is 18.2 Å². The van der Waals surface area contributed by atoms with E-state index in [1.807, 2.05) is 44.1 Å². The van der Waals surface area contributed by atoms with Crippen molar-refractivity contribution in [3.05, 3.63) is 102 Å². The number of nitrogens with zero attached hydrogens (tertiary/aromatic N) is 1. The Hall–Kier alpha value is -5.03. The Morgan fingerprint density at radius 1 is 0.690 bits per heavy atom. The van der Waals surface area contributed by atoms with Crippen molar-refractivity contribution in [3.8, 4) is 5.75 Å². The molecule has 3 unspecified atom stereocenters. The summed E-state index contributed by atoms with van der Waals surface area (Å²) < 4.78 is 14.6. The molecule has 0 radical (unpaired) electrons. The Bertz CT molecular complexity index is 1290. The summed E-state index contributed by atoms with van der Waals surface area (Å²) in [5, 5.41) is 18.5. The Labute approximate surface area is 243 Å². The van der Waals surface area contributed by atoms with E-state index >= 15 is 0 Å². The third kappa shape index (κ3) is 10.2. The number of aliphatic carboxylic acids is 2. The molecule has 42 heavy (non-hydrogen) atoms. The second-order valence-electron chi connectivity index (χ2n) is 9.32. The number of ether oxygens (including phenoxy) is 3. The first-order valence-electron chi connectivity index (χ1n) is 12.7. The van der Waals surface area contributed by atoms with E-state index in [0.29, 0.717) is 5.56 Å². The minimum atomic E-state index is -2.21. The summed E-state index contributed by atoms with van der Waals surface area (Å²) in [4.78, 5) is 60.9. The van der Waals surface area contributed by atoms with Gasteiger partial charge in [-0.25, -0.2) is 19.2 Å². The molecule has 222 valence electrons. The lowest BCUT2D eigenvalue weighted by molar-refractivity contribution is -0.166. The molecule has 0 saturated carbocycles. The zero-order valence-corrected chi connectivity index (χ0v) is 23.6. The highest BCUT2D eigenvalue weighted by Crippen LogP contribution is 2.16. The van der Waals surface area contributed by atoms with Crippen molar-refractivity contribution in [1.82, 2.24) is 4.90 Å². The van der Waals surface area contributed by atoms with Gasteiger partial charge in [-0.05, 0) is 50.5 Å². The van der Waals surface area contributed by atoms with Crippen LogP contribution in [-0.2, 0) is 19.1 Å². The van der Waals surface area contributed by atoms with Gasteiger partial charge in [0.25, 0.3) is 0 Å².